The van der Waals surface area contributed by atoms with E-state index < -0.39 is 0 Å². The minimum atomic E-state index is -0.239. The number of benzene rings is 2. The van der Waals surface area contributed by atoms with E-state index >= 15 is 0 Å². The van der Waals surface area contributed by atoms with Gasteiger partial charge in [0, 0.05) is 11.1 Å². The van der Waals surface area contributed by atoms with E-state index in [4.69, 9.17) is 0 Å². The Hall–Kier alpha value is -2.49. The molecule has 126 valence electrons. The summed E-state index contributed by atoms with van der Waals surface area (Å²) >= 11 is 0. The Bertz CT molecular complexity index is 674. The SMILES string of the molecule is CCC(C)(CC)C(=O)CNc1ccc(N=Nc2ccccc2)cc1. The van der Waals surface area contributed by atoms with Crippen LogP contribution in [0.25, 0.3) is 0 Å². The summed E-state index contributed by atoms with van der Waals surface area (Å²) in [5, 5.41) is 11.6. The van der Waals surface area contributed by atoms with Crippen molar-refractivity contribution in [2.75, 3.05) is 11.9 Å². The molecule has 2 rings (SSSR count). The summed E-state index contributed by atoms with van der Waals surface area (Å²) in [6.07, 6.45) is 1.73. The first-order chi connectivity index (χ1) is 11.6. The third kappa shape index (κ3) is 4.75. The summed E-state index contributed by atoms with van der Waals surface area (Å²) < 4.78 is 0. The molecule has 2 aromatic carbocycles. The zero-order valence-corrected chi connectivity index (χ0v) is 14.6. The third-order valence-electron chi connectivity index (χ3n) is 4.59. The lowest BCUT2D eigenvalue weighted by Crippen LogP contribution is -2.31. The van der Waals surface area contributed by atoms with Crippen molar-refractivity contribution in [1.82, 2.24) is 0 Å². The molecule has 0 saturated heterocycles. The fourth-order valence-electron chi connectivity index (χ4n) is 2.30. The Labute approximate surface area is 144 Å². The zero-order chi connectivity index (χ0) is 17.4. The van der Waals surface area contributed by atoms with Crippen LogP contribution in [0, 0.1) is 5.41 Å². The van der Waals surface area contributed by atoms with Crippen molar-refractivity contribution in [3.8, 4) is 0 Å². The van der Waals surface area contributed by atoms with Gasteiger partial charge in [-0.05, 0) is 49.2 Å². The van der Waals surface area contributed by atoms with E-state index in [1.807, 2.05) is 61.5 Å². The van der Waals surface area contributed by atoms with Gasteiger partial charge < -0.3 is 5.32 Å². The predicted octanol–water partition coefficient (Wildman–Crippen LogP) is 5.91. The highest BCUT2D eigenvalue weighted by Crippen LogP contribution is 2.27. The molecule has 0 saturated carbocycles. The number of ketones is 1. The first kappa shape index (κ1) is 17.9. The number of rotatable bonds is 8. The van der Waals surface area contributed by atoms with Crippen LogP contribution in [0.5, 0.6) is 0 Å². The van der Waals surface area contributed by atoms with Gasteiger partial charge in [-0.15, -0.1) is 0 Å². The number of nitrogens with zero attached hydrogens (tertiary/aromatic N) is 2. The fraction of sp³-hybridized carbons (Fsp3) is 0.350. The molecule has 0 atom stereocenters. The summed E-state index contributed by atoms with van der Waals surface area (Å²) in [6.45, 7) is 6.51. The average molecular weight is 323 g/mol. The van der Waals surface area contributed by atoms with Crippen LogP contribution in [0.2, 0.25) is 0 Å². The molecule has 0 aromatic heterocycles. The summed E-state index contributed by atoms with van der Waals surface area (Å²) in [5.41, 5.74) is 2.28. The molecular weight excluding hydrogens is 298 g/mol. The van der Waals surface area contributed by atoms with Crippen molar-refractivity contribution < 1.29 is 4.79 Å². The van der Waals surface area contributed by atoms with E-state index in [1.54, 1.807) is 0 Å². The number of nitrogens with one attached hydrogen (secondary N) is 1. The van der Waals surface area contributed by atoms with Gasteiger partial charge in [-0.1, -0.05) is 39.0 Å². The van der Waals surface area contributed by atoms with Crippen LogP contribution < -0.4 is 5.32 Å². The largest absolute Gasteiger partial charge is 0.378 e. The van der Waals surface area contributed by atoms with E-state index in [0.717, 1.165) is 29.9 Å². The number of Topliss-reactive ketones (excluding diaryl/α,β-unsaturated/α-hetero) is 1. The second-order valence-corrected chi connectivity index (χ2v) is 6.13. The molecule has 0 aliphatic heterocycles. The molecule has 0 aliphatic rings. The van der Waals surface area contributed by atoms with Crippen molar-refractivity contribution in [1.29, 1.82) is 0 Å². The van der Waals surface area contributed by atoms with E-state index in [1.165, 1.54) is 0 Å². The molecule has 0 fully saturated rings. The molecule has 4 nitrogen and oxygen atoms in total. The van der Waals surface area contributed by atoms with Gasteiger partial charge in [-0.2, -0.15) is 10.2 Å². The molecule has 24 heavy (non-hydrogen) atoms. The van der Waals surface area contributed by atoms with Gasteiger partial charge in [0.05, 0.1) is 17.9 Å². The second-order valence-electron chi connectivity index (χ2n) is 6.13. The van der Waals surface area contributed by atoms with Gasteiger partial charge in [-0.25, -0.2) is 0 Å². The standard InChI is InChI=1S/C20H25N3O/c1-4-20(3,5-2)19(24)15-21-16-11-13-18(14-12-16)23-22-17-9-7-6-8-10-17/h6-14,21H,4-5,15H2,1-3H3. The van der Waals surface area contributed by atoms with Gasteiger partial charge in [0.15, 0.2) is 5.78 Å². The van der Waals surface area contributed by atoms with Crippen LogP contribution in [0.3, 0.4) is 0 Å². The summed E-state index contributed by atoms with van der Waals surface area (Å²) in [6, 6.07) is 17.2. The number of carbonyl (C=O) groups excluding carboxylic acids is 1. The van der Waals surface area contributed by atoms with Crippen LogP contribution in [0.4, 0.5) is 17.1 Å². The van der Waals surface area contributed by atoms with Gasteiger partial charge >= 0.3 is 0 Å². The normalized spacial score (nSPS) is 11.6. The predicted molar refractivity (Wildman–Crippen MR) is 99.2 cm³/mol. The molecule has 4 heteroatoms. The number of carbonyl (C=O) groups is 1. The van der Waals surface area contributed by atoms with Crippen LogP contribution in [-0.2, 0) is 4.79 Å². The summed E-state index contributed by atoms with van der Waals surface area (Å²) in [7, 11) is 0. The summed E-state index contributed by atoms with van der Waals surface area (Å²) in [5.74, 6) is 0.250. The molecular formula is C20H25N3O. The average Bonchev–Trinajstić information content (AvgIpc) is 2.65. The van der Waals surface area contributed by atoms with E-state index in [9.17, 15) is 4.79 Å². The van der Waals surface area contributed by atoms with E-state index in [-0.39, 0.29) is 11.2 Å². The molecule has 0 radical (unpaired) electrons. The van der Waals surface area contributed by atoms with Crippen molar-refractivity contribution in [3.63, 3.8) is 0 Å². The third-order valence-corrected chi connectivity index (χ3v) is 4.59. The van der Waals surface area contributed by atoms with Crippen molar-refractivity contribution in [3.05, 3.63) is 54.6 Å². The van der Waals surface area contributed by atoms with E-state index in [0.29, 0.717) is 6.54 Å². The monoisotopic (exact) mass is 323 g/mol. The van der Waals surface area contributed by atoms with Crippen molar-refractivity contribution in [2.45, 2.75) is 33.6 Å². The number of anilines is 1. The smallest absolute Gasteiger partial charge is 0.157 e. The van der Waals surface area contributed by atoms with Crippen LogP contribution >= 0.6 is 0 Å². The second kappa shape index (κ2) is 8.39. The number of azo groups is 1. The summed E-state index contributed by atoms with van der Waals surface area (Å²) in [4.78, 5) is 12.3. The van der Waals surface area contributed by atoms with Crippen molar-refractivity contribution in [2.24, 2.45) is 15.6 Å². The quantitative estimate of drug-likeness (QED) is 0.614. The van der Waals surface area contributed by atoms with Crippen LogP contribution in [-0.4, -0.2) is 12.3 Å². The fourth-order valence-corrected chi connectivity index (χ4v) is 2.30. The zero-order valence-electron chi connectivity index (χ0n) is 14.6. The molecule has 0 aliphatic carbocycles. The Morgan fingerprint density at radius 2 is 1.46 bits per heavy atom. The number of hydrogen-bond donors (Lipinski definition) is 1. The Morgan fingerprint density at radius 3 is 2.00 bits per heavy atom. The minimum absolute atomic E-state index is 0.239. The number of hydrogen-bond acceptors (Lipinski definition) is 4. The molecule has 1 N–H and O–H groups in total. The van der Waals surface area contributed by atoms with E-state index in [2.05, 4.69) is 29.4 Å². The molecule has 0 heterocycles. The first-order valence-electron chi connectivity index (χ1n) is 8.41. The Kier molecular flexibility index (Phi) is 6.24. The van der Waals surface area contributed by atoms with Gasteiger partial charge in [0.25, 0.3) is 0 Å². The maximum Gasteiger partial charge on any atom is 0.157 e. The molecule has 0 spiro atoms. The molecule has 0 unspecified atom stereocenters. The van der Waals surface area contributed by atoms with Crippen LogP contribution in [0.1, 0.15) is 33.6 Å². The highest BCUT2D eigenvalue weighted by Gasteiger charge is 2.28. The lowest BCUT2D eigenvalue weighted by Gasteiger charge is -2.25. The van der Waals surface area contributed by atoms with Gasteiger partial charge in [0.1, 0.15) is 0 Å². The molecule has 0 bridgehead atoms. The Balaban J connectivity index is 1.93. The van der Waals surface area contributed by atoms with Crippen LogP contribution in [0.15, 0.2) is 64.8 Å². The lowest BCUT2D eigenvalue weighted by atomic mass is 9.80. The highest BCUT2D eigenvalue weighted by atomic mass is 16.1. The van der Waals surface area contributed by atoms with Gasteiger partial charge in [-0.3, -0.25) is 4.79 Å². The van der Waals surface area contributed by atoms with Crippen molar-refractivity contribution >= 4 is 22.8 Å². The topological polar surface area (TPSA) is 53.8 Å². The maximum atomic E-state index is 12.3. The molecule has 0 amide bonds. The molecule has 2 aromatic rings. The highest BCUT2D eigenvalue weighted by molar-refractivity contribution is 5.88. The van der Waals surface area contributed by atoms with Gasteiger partial charge in [0.2, 0.25) is 0 Å². The first-order valence-corrected chi connectivity index (χ1v) is 8.41. The maximum absolute atomic E-state index is 12.3. The lowest BCUT2D eigenvalue weighted by molar-refractivity contribution is -0.126. The Morgan fingerprint density at radius 1 is 0.917 bits per heavy atom. The minimum Gasteiger partial charge on any atom is -0.378 e.